The number of aliphatic imine (C=N–C) groups is 1. The first-order valence-corrected chi connectivity index (χ1v) is 4.15. The molecule has 3 nitrogen and oxygen atoms in total. The predicted octanol–water partition coefficient (Wildman–Crippen LogP) is 1.10. The minimum atomic E-state index is 0.214. The Morgan fingerprint density at radius 1 is 1.90 bits per heavy atom. The van der Waals surface area contributed by atoms with Crippen LogP contribution in [0.25, 0.3) is 0 Å². The van der Waals surface area contributed by atoms with Gasteiger partial charge in [0.15, 0.2) is 11.1 Å². The summed E-state index contributed by atoms with van der Waals surface area (Å²) >= 11 is 1.59. The quantitative estimate of drug-likeness (QED) is 0.600. The lowest BCUT2D eigenvalue weighted by Crippen LogP contribution is -2.23. The standard InChI is InChI=1S/C6H10N2OS/c1-2-10-6-7-4-3-5(9)8-6/h3,9H,2,4H2,1H3,(H,7,8). The minimum absolute atomic E-state index is 0.214. The Morgan fingerprint density at radius 3 is 3.30 bits per heavy atom. The van der Waals surface area contributed by atoms with Gasteiger partial charge in [-0.2, -0.15) is 0 Å². The zero-order chi connectivity index (χ0) is 7.40. The molecule has 0 aromatic carbocycles. The predicted molar refractivity (Wildman–Crippen MR) is 44.3 cm³/mol. The van der Waals surface area contributed by atoms with Crippen LogP contribution in [0.2, 0.25) is 0 Å². The van der Waals surface area contributed by atoms with Crippen molar-refractivity contribution in [2.45, 2.75) is 6.92 Å². The Balaban J connectivity index is 2.41. The van der Waals surface area contributed by atoms with Crippen molar-refractivity contribution in [1.82, 2.24) is 5.32 Å². The van der Waals surface area contributed by atoms with Crippen molar-refractivity contribution in [1.29, 1.82) is 0 Å². The molecule has 1 aliphatic heterocycles. The van der Waals surface area contributed by atoms with Gasteiger partial charge in [-0.1, -0.05) is 18.7 Å². The molecule has 0 bridgehead atoms. The SMILES string of the molecule is CCSC1=NCC=C(O)N1. The number of nitrogens with one attached hydrogen (secondary N) is 1. The molecule has 0 spiro atoms. The maximum absolute atomic E-state index is 8.96. The van der Waals surface area contributed by atoms with Crippen LogP contribution < -0.4 is 5.32 Å². The summed E-state index contributed by atoms with van der Waals surface area (Å²) in [4.78, 5) is 4.10. The molecule has 0 unspecified atom stereocenters. The third-order valence-electron chi connectivity index (χ3n) is 1.04. The van der Waals surface area contributed by atoms with Gasteiger partial charge >= 0.3 is 0 Å². The molecule has 0 saturated carbocycles. The summed E-state index contributed by atoms with van der Waals surface area (Å²) in [5.41, 5.74) is 0. The van der Waals surface area contributed by atoms with E-state index >= 15 is 0 Å². The van der Waals surface area contributed by atoms with Crippen LogP contribution in [-0.2, 0) is 0 Å². The van der Waals surface area contributed by atoms with Gasteiger partial charge in [-0.15, -0.1) is 0 Å². The molecule has 0 amide bonds. The van der Waals surface area contributed by atoms with Crippen LogP contribution in [0.5, 0.6) is 0 Å². The normalized spacial score (nSPS) is 17.3. The van der Waals surface area contributed by atoms with Crippen LogP contribution in [0.4, 0.5) is 0 Å². The molecule has 4 heteroatoms. The summed E-state index contributed by atoms with van der Waals surface area (Å²) in [6, 6.07) is 0. The fourth-order valence-corrected chi connectivity index (χ4v) is 1.25. The summed E-state index contributed by atoms with van der Waals surface area (Å²) in [6.45, 7) is 2.63. The number of thioether (sulfide) groups is 1. The lowest BCUT2D eigenvalue weighted by molar-refractivity contribution is 0.385. The van der Waals surface area contributed by atoms with Crippen LogP contribution in [0.1, 0.15) is 6.92 Å². The van der Waals surface area contributed by atoms with Crippen LogP contribution in [0, 0.1) is 0 Å². The number of nitrogens with zero attached hydrogens (tertiary/aromatic N) is 1. The van der Waals surface area contributed by atoms with Crippen molar-refractivity contribution in [2.24, 2.45) is 4.99 Å². The molecule has 0 radical (unpaired) electrons. The lowest BCUT2D eigenvalue weighted by Gasteiger charge is -2.10. The van der Waals surface area contributed by atoms with Gasteiger partial charge in [0.25, 0.3) is 0 Å². The van der Waals surface area contributed by atoms with Crippen molar-refractivity contribution in [3.8, 4) is 0 Å². The first kappa shape index (κ1) is 7.47. The van der Waals surface area contributed by atoms with Crippen molar-refractivity contribution in [3.05, 3.63) is 12.0 Å². The van der Waals surface area contributed by atoms with Gasteiger partial charge in [0, 0.05) is 0 Å². The topological polar surface area (TPSA) is 44.6 Å². The molecule has 1 heterocycles. The van der Waals surface area contributed by atoms with Crippen molar-refractivity contribution in [3.63, 3.8) is 0 Å². The Hall–Kier alpha value is -0.640. The number of amidine groups is 1. The van der Waals surface area contributed by atoms with Crippen LogP contribution in [0.15, 0.2) is 17.0 Å². The van der Waals surface area contributed by atoms with E-state index in [1.165, 1.54) is 0 Å². The highest BCUT2D eigenvalue weighted by atomic mass is 32.2. The number of hydrogen-bond acceptors (Lipinski definition) is 4. The fraction of sp³-hybridized carbons (Fsp3) is 0.500. The highest BCUT2D eigenvalue weighted by Gasteiger charge is 2.03. The summed E-state index contributed by atoms with van der Waals surface area (Å²) in [6.07, 6.45) is 1.64. The number of aliphatic hydroxyl groups excluding tert-OH is 1. The van der Waals surface area contributed by atoms with E-state index in [1.807, 2.05) is 6.92 Å². The Labute approximate surface area is 64.2 Å². The second kappa shape index (κ2) is 3.51. The van der Waals surface area contributed by atoms with E-state index in [2.05, 4.69) is 10.3 Å². The molecule has 10 heavy (non-hydrogen) atoms. The molecule has 56 valence electrons. The molecule has 0 aromatic rings. The molecule has 0 atom stereocenters. The summed E-state index contributed by atoms with van der Waals surface area (Å²) in [5.74, 6) is 1.19. The van der Waals surface area contributed by atoms with Gasteiger partial charge in [-0.3, -0.25) is 4.99 Å². The molecule has 0 fully saturated rings. The average molecular weight is 158 g/mol. The van der Waals surface area contributed by atoms with E-state index in [9.17, 15) is 0 Å². The average Bonchev–Trinajstić information content (AvgIpc) is 1.88. The third kappa shape index (κ3) is 1.95. The van der Waals surface area contributed by atoms with Crippen molar-refractivity contribution >= 4 is 16.9 Å². The molecular formula is C6H10N2OS. The highest BCUT2D eigenvalue weighted by molar-refractivity contribution is 8.13. The molecule has 1 rings (SSSR count). The Kier molecular flexibility index (Phi) is 2.62. The Bertz CT molecular complexity index is 177. The number of rotatable bonds is 1. The number of aliphatic hydroxyl groups is 1. The third-order valence-corrected chi connectivity index (χ3v) is 1.83. The zero-order valence-corrected chi connectivity index (χ0v) is 6.61. The van der Waals surface area contributed by atoms with E-state index < -0.39 is 0 Å². The van der Waals surface area contributed by atoms with Crippen LogP contribution >= 0.6 is 11.8 Å². The molecule has 0 aromatic heterocycles. The molecule has 1 aliphatic rings. The van der Waals surface area contributed by atoms with Gasteiger partial charge in [-0.05, 0) is 11.8 Å². The molecule has 2 N–H and O–H groups in total. The van der Waals surface area contributed by atoms with E-state index in [4.69, 9.17) is 5.11 Å². The largest absolute Gasteiger partial charge is 0.495 e. The summed E-state index contributed by atoms with van der Waals surface area (Å²) < 4.78 is 0. The smallest absolute Gasteiger partial charge is 0.187 e. The van der Waals surface area contributed by atoms with Crippen molar-refractivity contribution in [2.75, 3.05) is 12.3 Å². The van der Waals surface area contributed by atoms with E-state index in [0.29, 0.717) is 6.54 Å². The van der Waals surface area contributed by atoms with Gasteiger partial charge < -0.3 is 10.4 Å². The maximum Gasteiger partial charge on any atom is 0.187 e. The van der Waals surface area contributed by atoms with Crippen LogP contribution in [-0.4, -0.2) is 22.6 Å². The van der Waals surface area contributed by atoms with E-state index in [-0.39, 0.29) is 5.88 Å². The van der Waals surface area contributed by atoms with Gasteiger partial charge in [0.1, 0.15) is 0 Å². The van der Waals surface area contributed by atoms with Gasteiger partial charge in [0.2, 0.25) is 0 Å². The molecular weight excluding hydrogens is 148 g/mol. The van der Waals surface area contributed by atoms with Crippen LogP contribution in [0.3, 0.4) is 0 Å². The summed E-state index contributed by atoms with van der Waals surface area (Å²) in [5, 5.41) is 12.5. The lowest BCUT2D eigenvalue weighted by atomic mass is 10.5. The highest BCUT2D eigenvalue weighted by Crippen LogP contribution is 2.05. The van der Waals surface area contributed by atoms with Gasteiger partial charge in [0.05, 0.1) is 6.54 Å². The van der Waals surface area contributed by atoms with Crippen molar-refractivity contribution < 1.29 is 5.11 Å². The monoisotopic (exact) mass is 158 g/mol. The van der Waals surface area contributed by atoms with E-state index in [1.54, 1.807) is 17.8 Å². The minimum Gasteiger partial charge on any atom is -0.495 e. The first-order chi connectivity index (χ1) is 4.83. The molecule has 0 aliphatic carbocycles. The zero-order valence-electron chi connectivity index (χ0n) is 5.79. The maximum atomic E-state index is 8.96. The second-order valence-electron chi connectivity index (χ2n) is 1.79. The first-order valence-electron chi connectivity index (χ1n) is 3.16. The van der Waals surface area contributed by atoms with Gasteiger partial charge in [-0.25, -0.2) is 0 Å². The second-order valence-corrected chi connectivity index (χ2v) is 3.05. The summed E-state index contributed by atoms with van der Waals surface area (Å²) in [7, 11) is 0. The fourth-order valence-electron chi connectivity index (χ4n) is 0.634. The Morgan fingerprint density at radius 2 is 2.70 bits per heavy atom. The number of hydrogen-bond donors (Lipinski definition) is 2. The molecule has 0 saturated heterocycles. The van der Waals surface area contributed by atoms with E-state index in [0.717, 1.165) is 10.9 Å².